The third kappa shape index (κ3) is 7.21. The monoisotopic (exact) mass is 464 g/mol. The summed E-state index contributed by atoms with van der Waals surface area (Å²) in [5.74, 6) is 0. The summed E-state index contributed by atoms with van der Waals surface area (Å²) in [4.78, 5) is 9.52. The van der Waals surface area contributed by atoms with Crippen LogP contribution >= 0.6 is 11.6 Å². The zero-order valence-corrected chi connectivity index (χ0v) is 21.4. The van der Waals surface area contributed by atoms with Crippen LogP contribution in [0.15, 0.2) is 48.5 Å². The molecule has 3 aromatic rings. The van der Waals surface area contributed by atoms with Gasteiger partial charge in [-0.3, -0.25) is 0 Å². The highest BCUT2D eigenvalue weighted by Crippen LogP contribution is 2.29. The molecule has 0 fully saturated rings. The maximum atomic E-state index is 6.02. The van der Waals surface area contributed by atoms with Crippen molar-refractivity contribution in [3.63, 3.8) is 0 Å². The number of fused-ring (bicyclic) bond motifs is 1. The predicted molar refractivity (Wildman–Crippen MR) is 147 cm³/mol. The molecule has 1 aromatic heterocycles. The third-order valence-electron chi connectivity index (χ3n) is 6.05. The second-order valence-electron chi connectivity index (χ2n) is 8.79. The quantitative estimate of drug-likeness (QED) is 0.329. The van der Waals surface area contributed by atoms with Crippen LogP contribution in [0.3, 0.4) is 0 Å². The molecule has 0 bridgehead atoms. The number of pyridine rings is 1. The lowest BCUT2D eigenvalue weighted by molar-refractivity contribution is 0.295. The number of aromatic nitrogens is 1. The minimum atomic E-state index is 0.377. The normalized spacial score (nSPS) is 12.6. The van der Waals surface area contributed by atoms with Crippen LogP contribution in [-0.2, 0) is 0 Å². The molecule has 33 heavy (non-hydrogen) atoms. The van der Waals surface area contributed by atoms with E-state index in [4.69, 9.17) is 16.6 Å². The number of rotatable bonds is 11. The number of halogens is 1. The van der Waals surface area contributed by atoms with Crippen LogP contribution in [0, 0.1) is 0 Å². The summed E-state index contributed by atoms with van der Waals surface area (Å²) >= 11 is 6.02. The summed E-state index contributed by atoms with van der Waals surface area (Å²) < 4.78 is 0. The number of hydrogen-bond donors (Lipinski definition) is 1. The van der Waals surface area contributed by atoms with E-state index in [1.54, 1.807) is 0 Å². The average molecular weight is 465 g/mol. The summed E-state index contributed by atoms with van der Waals surface area (Å²) in [6, 6.07) is 16.8. The van der Waals surface area contributed by atoms with Crippen molar-refractivity contribution in [2.75, 3.05) is 43.9 Å². The summed E-state index contributed by atoms with van der Waals surface area (Å²) in [5.41, 5.74) is 5.34. The molecule has 4 nitrogen and oxygen atoms in total. The van der Waals surface area contributed by atoms with E-state index in [0.717, 1.165) is 58.9 Å². The van der Waals surface area contributed by atoms with Crippen molar-refractivity contribution in [2.24, 2.45) is 0 Å². The van der Waals surface area contributed by atoms with Crippen LogP contribution in [0.5, 0.6) is 0 Å². The number of anilines is 2. The highest BCUT2D eigenvalue weighted by Gasteiger charge is 2.10. The van der Waals surface area contributed by atoms with Crippen molar-refractivity contribution in [1.82, 2.24) is 9.88 Å². The van der Waals surface area contributed by atoms with Gasteiger partial charge in [0.15, 0.2) is 0 Å². The van der Waals surface area contributed by atoms with E-state index < -0.39 is 0 Å². The minimum Gasteiger partial charge on any atom is -0.382 e. The number of nitrogens with one attached hydrogen (secondary N) is 1. The zero-order chi connectivity index (χ0) is 23.8. The predicted octanol–water partition coefficient (Wildman–Crippen LogP) is 7.05. The molecule has 1 heterocycles. The molecule has 0 saturated carbocycles. The second kappa shape index (κ2) is 12.1. The Morgan fingerprint density at radius 3 is 2.39 bits per heavy atom. The van der Waals surface area contributed by atoms with Crippen LogP contribution in [0.25, 0.3) is 23.1 Å². The second-order valence-corrected chi connectivity index (χ2v) is 9.23. The summed E-state index contributed by atoms with van der Waals surface area (Å²) in [6.07, 6.45) is 6.46. The van der Waals surface area contributed by atoms with E-state index in [1.165, 1.54) is 12.1 Å². The van der Waals surface area contributed by atoms with Crippen molar-refractivity contribution in [3.8, 4) is 0 Å². The molecule has 0 aliphatic rings. The van der Waals surface area contributed by atoms with E-state index >= 15 is 0 Å². The number of nitrogens with zero attached hydrogens (tertiary/aromatic N) is 3. The van der Waals surface area contributed by atoms with Crippen LogP contribution in [0.1, 0.15) is 44.9 Å². The van der Waals surface area contributed by atoms with Gasteiger partial charge in [-0.2, -0.15) is 0 Å². The largest absolute Gasteiger partial charge is 0.382 e. The van der Waals surface area contributed by atoms with Crippen LogP contribution in [0.4, 0.5) is 11.4 Å². The van der Waals surface area contributed by atoms with Crippen LogP contribution < -0.4 is 10.2 Å². The fraction of sp³-hybridized carbons (Fsp3) is 0.393. The van der Waals surface area contributed by atoms with E-state index in [9.17, 15) is 0 Å². The first-order valence-corrected chi connectivity index (χ1v) is 12.3. The lowest BCUT2D eigenvalue weighted by Gasteiger charge is -2.21. The Labute approximate surface area is 204 Å². The SMILES string of the molecule is CCN(CC)CCC[C@H](C)Nc1cc(/C=C/c2ccc(Cl)cc2)nc2ccc(N(C)C)cc12. The maximum Gasteiger partial charge on any atom is 0.0731 e. The van der Waals surface area contributed by atoms with Gasteiger partial charge in [-0.15, -0.1) is 0 Å². The molecule has 0 radical (unpaired) electrons. The Morgan fingerprint density at radius 2 is 1.73 bits per heavy atom. The topological polar surface area (TPSA) is 31.4 Å². The molecule has 0 spiro atoms. The first kappa shape index (κ1) is 25.1. The molecule has 0 amide bonds. The molecule has 0 unspecified atom stereocenters. The zero-order valence-electron chi connectivity index (χ0n) is 20.6. The molecule has 2 aromatic carbocycles. The average Bonchev–Trinajstić information content (AvgIpc) is 2.81. The highest BCUT2D eigenvalue weighted by molar-refractivity contribution is 6.30. The van der Waals surface area contributed by atoms with Gasteiger partial charge in [0.2, 0.25) is 0 Å². The summed E-state index contributed by atoms with van der Waals surface area (Å²) in [7, 11) is 4.14. The van der Waals surface area contributed by atoms with Crippen LogP contribution in [-0.4, -0.2) is 49.7 Å². The molecular formula is C28H37ClN4. The van der Waals surface area contributed by atoms with Gasteiger partial charge in [-0.05, 0) is 87.4 Å². The first-order chi connectivity index (χ1) is 15.9. The first-order valence-electron chi connectivity index (χ1n) is 11.9. The van der Waals surface area contributed by atoms with Gasteiger partial charge in [-0.25, -0.2) is 4.98 Å². The van der Waals surface area contributed by atoms with E-state index in [0.29, 0.717) is 6.04 Å². The minimum absolute atomic E-state index is 0.377. The molecule has 1 atom stereocenters. The van der Waals surface area contributed by atoms with Crippen molar-refractivity contribution in [2.45, 2.75) is 39.7 Å². The molecule has 1 N–H and O–H groups in total. The van der Waals surface area contributed by atoms with Gasteiger partial charge < -0.3 is 15.1 Å². The molecule has 5 heteroatoms. The summed E-state index contributed by atoms with van der Waals surface area (Å²) in [6.45, 7) is 10.1. The van der Waals surface area contributed by atoms with Gasteiger partial charge in [0, 0.05) is 41.9 Å². The number of hydrogen-bond acceptors (Lipinski definition) is 4. The van der Waals surface area contributed by atoms with Crippen molar-refractivity contribution >= 4 is 46.0 Å². The Kier molecular flexibility index (Phi) is 9.16. The fourth-order valence-electron chi connectivity index (χ4n) is 3.97. The standard InChI is InChI=1S/C28H37ClN4/c1-6-33(7-2)18-8-9-21(3)30-28-19-24(15-12-22-10-13-23(29)14-11-22)31-27-17-16-25(32(4)5)20-26(27)28/h10-17,19-21H,6-9,18H2,1-5H3,(H,30,31)/b15-12+/t21-/m0/s1. The molecule has 0 aliphatic carbocycles. The smallest absolute Gasteiger partial charge is 0.0731 e. The van der Waals surface area contributed by atoms with Crippen molar-refractivity contribution in [3.05, 3.63) is 64.8 Å². The third-order valence-corrected chi connectivity index (χ3v) is 6.30. The van der Waals surface area contributed by atoms with Gasteiger partial charge >= 0.3 is 0 Å². The number of benzene rings is 2. The summed E-state index contributed by atoms with van der Waals surface area (Å²) in [5, 5.41) is 5.68. The van der Waals surface area contributed by atoms with Gasteiger partial charge in [-0.1, -0.05) is 43.7 Å². The fourth-order valence-corrected chi connectivity index (χ4v) is 4.10. The Bertz CT molecular complexity index is 1060. The van der Waals surface area contributed by atoms with Crippen molar-refractivity contribution in [1.29, 1.82) is 0 Å². The molecule has 176 valence electrons. The molecular weight excluding hydrogens is 428 g/mol. The van der Waals surface area contributed by atoms with Gasteiger partial charge in [0.1, 0.15) is 0 Å². The van der Waals surface area contributed by atoms with E-state index in [1.807, 2.05) is 24.3 Å². The Hall–Kier alpha value is -2.56. The lowest BCUT2D eigenvalue weighted by Crippen LogP contribution is -2.25. The Morgan fingerprint density at radius 1 is 1.00 bits per heavy atom. The van der Waals surface area contributed by atoms with Gasteiger partial charge in [0.25, 0.3) is 0 Å². The van der Waals surface area contributed by atoms with Gasteiger partial charge in [0.05, 0.1) is 11.2 Å². The molecule has 0 saturated heterocycles. The van der Waals surface area contributed by atoms with E-state index in [-0.39, 0.29) is 0 Å². The van der Waals surface area contributed by atoms with Crippen molar-refractivity contribution < 1.29 is 0 Å². The molecule has 3 rings (SSSR count). The maximum absolute atomic E-state index is 6.02. The molecule has 0 aliphatic heterocycles. The van der Waals surface area contributed by atoms with Crippen LogP contribution in [0.2, 0.25) is 5.02 Å². The van der Waals surface area contributed by atoms with E-state index in [2.05, 4.69) is 86.4 Å². The highest BCUT2D eigenvalue weighted by atomic mass is 35.5. The Balaban J connectivity index is 1.85. The lowest BCUT2D eigenvalue weighted by atomic mass is 10.1.